The molecule has 1 aromatic rings. The molecule has 12 heavy (non-hydrogen) atoms. The number of rotatable bonds is 0. The lowest BCUT2D eigenvalue weighted by atomic mass is 10.4. The predicted octanol–water partition coefficient (Wildman–Crippen LogP) is 4.89. The molecule has 68 valence electrons. The van der Waals surface area contributed by atoms with Gasteiger partial charge >= 0.3 is 0 Å². The largest absolute Gasteiger partial charge is 0.266 e. The maximum atomic E-state index is 5.54. The highest BCUT2D eigenvalue weighted by molar-refractivity contribution is 6.83. The van der Waals surface area contributed by atoms with Crippen molar-refractivity contribution >= 4 is 58.0 Å². The lowest BCUT2D eigenvalue weighted by molar-refractivity contribution is 1.71. The molecule has 0 fully saturated rings. The Morgan fingerprint density at radius 3 is 1.33 bits per heavy atom. The van der Waals surface area contributed by atoms with Gasteiger partial charge in [0, 0.05) is 5.02 Å². The summed E-state index contributed by atoms with van der Waals surface area (Å²) in [4.78, 5) is 0. The molecule has 0 heterocycles. The maximum Gasteiger partial charge on any atom is 0.266 e. The number of alkyl halides is 4. The molecule has 0 aromatic heterocycles. The van der Waals surface area contributed by atoms with Crippen molar-refractivity contribution in [3.05, 3.63) is 35.4 Å². The number of benzene rings is 1. The predicted molar refractivity (Wildman–Crippen MR) is 57.6 cm³/mol. The summed E-state index contributed by atoms with van der Waals surface area (Å²) in [6.45, 7) is 0. The molecule has 0 spiro atoms. The lowest BCUT2D eigenvalue weighted by Gasteiger charge is -1.91. The molecule has 0 saturated carbocycles. The van der Waals surface area contributed by atoms with Crippen molar-refractivity contribution in [3.63, 3.8) is 0 Å². The van der Waals surface area contributed by atoms with E-state index in [1.165, 1.54) is 0 Å². The summed E-state index contributed by atoms with van der Waals surface area (Å²) in [5, 5.41) is 0.794. The van der Waals surface area contributed by atoms with E-state index in [0.29, 0.717) is 0 Å². The second kappa shape index (κ2) is 6.17. The van der Waals surface area contributed by atoms with Crippen LogP contribution in [0.3, 0.4) is 0 Å². The van der Waals surface area contributed by atoms with Crippen molar-refractivity contribution in [1.82, 2.24) is 0 Å². The van der Waals surface area contributed by atoms with Crippen LogP contribution < -0.4 is 0 Å². The molecule has 0 atom stereocenters. The lowest BCUT2D eigenvalue weighted by Crippen LogP contribution is -1.81. The highest BCUT2D eigenvalue weighted by atomic mass is 35.6. The Hall–Kier alpha value is 0.670. The zero-order valence-corrected chi connectivity index (χ0v) is 9.56. The minimum atomic E-state index is -1.61. The van der Waals surface area contributed by atoms with Gasteiger partial charge in [-0.05, 0) is 12.1 Å². The quantitative estimate of drug-likeness (QED) is 0.586. The van der Waals surface area contributed by atoms with E-state index in [2.05, 4.69) is 0 Å². The van der Waals surface area contributed by atoms with Crippen LogP contribution in [0.15, 0.2) is 30.3 Å². The van der Waals surface area contributed by atoms with Crippen LogP contribution in [0.5, 0.6) is 0 Å². The molecule has 0 aliphatic rings. The Labute approximate surface area is 96.3 Å². The van der Waals surface area contributed by atoms with Crippen molar-refractivity contribution in [1.29, 1.82) is 0 Å². The summed E-state index contributed by atoms with van der Waals surface area (Å²) in [5.74, 6) is 0. The van der Waals surface area contributed by atoms with Gasteiger partial charge in [0.05, 0.1) is 0 Å². The SMILES string of the molecule is ClC(Cl)(Cl)Cl.Clc1ccccc1. The van der Waals surface area contributed by atoms with Crippen molar-refractivity contribution in [2.45, 2.75) is 3.25 Å². The summed E-state index contributed by atoms with van der Waals surface area (Å²) < 4.78 is -1.61. The topological polar surface area (TPSA) is 0 Å². The van der Waals surface area contributed by atoms with Gasteiger partial charge in [0.1, 0.15) is 0 Å². The van der Waals surface area contributed by atoms with Crippen LogP contribution in [0, 0.1) is 0 Å². The maximum absolute atomic E-state index is 5.54. The van der Waals surface area contributed by atoms with Gasteiger partial charge in [0.25, 0.3) is 3.25 Å². The molecule has 0 nitrogen and oxygen atoms in total. The molecule has 0 radical (unpaired) electrons. The van der Waals surface area contributed by atoms with Crippen molar-refractivity contribution in [2.24, 2.45) is 0 Å². The Balaban J connectivity index is 0.000000217. The highest BCUT2D eigenvalue weighted by Crippen LogP contribution is 2.29. The Kier molecular flexibility index (Phi) is 6.52. The van der Waals surface area contributed by atoms with Crippen LogP contribution in [-0.2, 0) is 0 Å². The fraction of sp³-hybridized carbons (Fsp3) is 0.143. The van der Waals surface area contributed by atoms with Crippen LogP contribution in [-0.4, -0.2) is 3.25 Å². The van der Waals surface area contributed by atoms with Gasteiger partial charge in [-0.2, -0.15) is 0 Å². The number of hydrogen-bond acceptors (Lipinski definition) is 0. The monoisotopic (exact) mass is 264 g/mol. The third-order valence-electron chi connectivity index (χ3n) is 0.733. The third-order valence-corrected chi connectivity index (χ3v) is 0.985. The molecule has 0 bridgehead atoms. The van der Waals surface area contributed by atoms with E-state index in [-0.39, 0.29) is 0 Å². The molecular formula is C7H5Cl5. The van der Waals surface area contributed by atoms with Gasteiger partial charge in [0.2, 0.25) is 0 Å². The Bertz CT molecular complexity index is 197. The Morgan fingerprint density at radius 1 is 0.833 bits per heavy atom. The van der Waals surface area contributed by atoms with Crippen LogP contribution in [0.1, 0.15) is 0 Å². The van der Waals surface area contributed by atoms with Gasteiger partial charge in [-0.3, -0.25) is 0 Å². The van der Waals surface area contributed by atoms with E-state index >= 15 is 0 Å². The van der Waals surface area contributed by atoms with Crippen molar-refractivity contribution in [2.75, 3.05) is 0 Å². The van der Waals surface area contributed by atoms with Gasteiger partial charge in [-0.1, -0.05) is 76.2 Å². The normalized spacial score (nSPS) is 10.1. The molecule has 1 aromatic carbocycles. The summed E-state index contributed by atoms with van der Waals surface area (Å²) in [6, 6.07) is 9.44. The second-order valence-corrected chi connectivity index (χ2v) is 5.59. The molecule has 5 heteroatoms. The summed E-state index contributed by atoms with van der Waals surface area (Å²) in [6.07, 6.45) is 0. The van der Waals surface area contributed by atoms with Crippen LogP contribution in [0.25, 0.3) is 0 Å². The molecule has 0 N–H and O–H groups in total. The van der Waals surface area contributed by atoms with E-state index in [0.717, 1.165) is 5.02 Å². The average molecular weight is 266 g/mol. The van der Waals surface area contributed by atoms with Crippen LogP contribution >= 0.6 is 58.0 Å². The van der Waals surface area contributed by atoms with Gasteiger partial charge < -0.3 is 0 Å². The number of hydrogen-bond donors (Lipinski definition) is 0. The third kappa shape index (κ3) is 13.3. The van der Waals surface area contributed by atoms with E-state index in [9.17, 15) is 0 Å². The fourth-order valence-corrected chi connectivity index (χ4v) is 0.560. The minimum Gasteiger partial charge on any atom is -0.0843 e. The first kappa shape index (κ1) is 12.7. The minimum absolute atomic E-state index is 0.794. The van der Waals surface area contributed by atoms with Crippen molar-refractivity contribution in [3.8, 4) is 0 Å². The second-order valence-electron chi connectivity index (χ2n) is 1.72. The average Bonchev–Trinajstić information content (AvgIpc) is 1.85. The van der Waals surface area contributed by atoms with Gasteiger partial charge in [0.15, 0.2) is 0 Å². The Morgan fingerprint density at radius 2 is 1.17 bits per heavy atom. The van der Waals surface area contributed by atoms with Crippen LogP contribution in [0.4, 0.5) is 0 Å². The zero-order valence-electron chi connectivity index (χ0n) is 5.78. The molecule has 1 rings (SSSR count). The first-order valence-electron chi connectivity index (χ1n) is 2.86. The molecule has 0 aliphatic carbocycles. The summed E-state index contributed by atoms with van der Waals surface area (Å²) >= 11 is 24.8. The van der Waals surface area contributed by atoms with Crippen molar-refractivity contribution < 1.29 is 0 Å². The van der Waals surface area contributed by atoms with Gasteiger partial charge in [-0.25, -0.2) is 0 Å². The van der Waals surface area contributed by atoms with E-state index in [1.807, 2.05) is 30.3 Å². The van der Waals surface area contributed by atoms with E-state index < -0.39 is 3.25 Å². The fourth-order valence-electron chi connectivity index (χ4n) is 0.415. The van der Waals surface area contributed by atoms with E-state index in [4.69, 9.17) is 58.0 Å². The standard InChI is InChI=1S/C6H5Cl.CCl4/c7-6-4-2-1-3-5-6;2-1(3,4)5/h1-5H;. The van der Waals surface area contributed by atoms with E-state index in [1.54, 1.807) is 0 Å². The first-order chi connectivity index (χ1) is 5.39. The summed E-state index contributed by atoms with van der Waals surface area (Å²) in [7, 11) is 0. The first-order valence-corrected chi connectivity index (χ1v) is 4.75. The molecule has 0 amide bonds. The molecule has 0 saturated heterocycles. The highest BCUT2D eigenvalue weighted by Gasteiger charge is 2.11. The van der Waals surface area contributed by atoms with Gasteiger partial charge in [-0.15, -0.1) is 0 Å². The van der Waals surface area contributed by atoms with Crippen LogP contribution in [0.2, 0.25) is 5.02 Å². The molecular weight excluding hydrogens is 261 g/mol. The molecule has 0 unspecified atom stereocenters. The zero-order chi connectivity index (χ0) is 9.61. The smallest absolute Gasteiger partial charge is 0.0843 e. The summed E-state index contributed by atoms with van der Waals surface area (Å²) in [5.41, 5.74) is 0. The number of halogens is 5. The molecule has 0 aliphatic heterocycles.